The van der Waals surface area contributed by atoms with E-state index in [0.29, 0.717) is 0 Å². The Morgan fingerprint density at radius 2 is 2.11 bits per heavy atom. The Kier molecular flexibility index (Phi) is 3.11. The van der Waals surface area contributed by atoms with Crippen LogP contribution in [0.25, 0.3) is 11.5 Å². The number of aromatic amines is 1. The van der Waals surface area contributed by atoms with Gasteiger partial charge in [-0.15, -0.1) is 10.2 Å². The Hall–Kier alpha value is -2.03. The lowest BCUT2D eigenvalue weighted by Crippen LogP contribution is -2.29. The van der Waals surface area contributed by atoms with Gasteiger partial charge >= 0.3 is 5.97 Å². The molecule has 1 aliphatic heterocycles. The quantitative estimate of drug-likeness (QED) is 0.863. The minimum atomic E-state index is -1.01. The molecule has 100 valence electrons. The van der Waals surface area contributed by atoms with Crippen LogP contribution in [-0.4, -0.2) is 49.8 Å². The summed E-state index contributed by atoms with van der Waals surface area (Å²) in [5, 5.41) is 23.3. The van der Waals surface area contributed by atoms with Gasteiger partial charge in [-0.05, 0) is 24.5 Å². The average Bonchev–Trinajstić information content (AvgIpc) is 3.08. The van der Waals surface area contributed by atoms with Crippen molar-refractivity contribution >= 4 is 22.4 Å². The normalized spacial score (nSPS) is 15.7. The molecule has 0 atom stereocenters. The van der Waals surface area contributed by atoms with E-state index in [0.717, 1.165) is 31.1 Å². The molecule has 0 aliphatic carbocycles. The molecule has 0 spiro atoms. The van der Waals surface area contributed by atoms with E-state index in [1.54, 1.807) is 0 Å². The Labute approximate surface area is 112 Å². The number of carboxylic acid groups (broad SMARTS) is 1. The van der Waals surface area contributed by atoms with Crippen LogP contribution in [0.4, 0.5) is 5.13 Å². The summed E-state index contributed by atoms with van der Waals surface area (Å²) in [6.45, 7) is 1.83. The zero-order valence-corrected chi connectivity index (χ0v) is 10.9. The number of anilines is 1. The average molecular weight is 280 g/mol. The Morgan fingerprint density at radius 1 is 1.32 bits per heavy atom. The first-order valence-corrected chi connectivity index (χ1v) is 6.80. The van der Waals surface area contributed by atoms with E-state index < -0.39 is 5.97 Å². The maximum absolute atomic E-state index is 11.3. The van der Waals surface area contributed by atoms with E-state index in [1.165, 1.54) is 17.8 Å². The van der Waals surface area contributed by atoms with Gasteiger partial charge in [0.2, 0.25) is 5.82 Å². The van der Waals surface area contributed by atoms with Crippen molar-refractivity contribution in [2.24, 2.45) is 0 Å². The Bertz CT molecular complexity index is 575. The largest absolute Gasteiger partial charge is 0.477 e. The third-order valence-electron chi connectivity index (χ3n) is 2.99. The molecule has 1 fully saturated rings. The number of tetrazole rings is 1. The van der Waals surface area contributed by atoms with Gasteiger partial charge in [0.25, 0.3) is 0 Å². The fourth-order valence-electron chi connectivity index (χ4n) is 2.09. The second-order valence-electron chi connectivity index (χ2n) is 4.26. The number of nitrogens with zero attached hydrogens (tertiary/aromatic N) is 5. The van der Waals surface area contributed by atoms with Gasteiger partial charge in [-0.2, -0.15) is 5.21 Å². The summed E-state index contributed by atoms with van der Waals surface area (Å²) < 4.78 is 0. The zero-order chi connectivity index (χ0) is 13.2. The summed E-state index contributed by atoms with van der Waals surface area (Å²) in [6.07, 6.45) is 3.43. The standard InChI is InChI=1S/C10H12N6O2S/c17-9(18)7-6(8-12-14-15-13-8)11-10(19-7)16-4-2-1-3-5-16/h1-5H2,(H,17,18)(H,12,13,14,15). The van der Waals surface area contributed by atoms with Crippen LogP contribution in [0.1, 0.15) is 28.9 Å². The molecule has 0 unspecified atom stereocenters. The molecular formula is C10H12N6O2S. The lowest BCUT2D eigenvalue weighted by atomic mass is 10.1. The number of aromatic nitrogens is 5. The lowest BCUT2D eigenvalue weighted by Gasteiger charge is -2.25. The first-order chi connectivity index (χ1) is 9.25. The first-order valence-electron chi connectivity index (χ1n) is 5.98. The summed E-state index contributed by atoms with van der Waals surface area (Å²) in [7, 11) is 0. The molecule has 2 N–H and O–H groups in total. The highest BCUT2D eigenvalue weighted by Crippen LogP contribution is 2.32. The van der Waals surface area contributed by atoms with Crippen LogP contribution < -0.4 is 4.90 Å². The molecule has 0 radical (unpaired) electrons. The fraction of sp³-hybridized carbons (Fsp3) is 0.500. The number of thiazole rings is 1. The van der Waals surface area contributed by atoms with E-state index in [-0.39, 0.29) is 16.4 Å². The van der Waals surface area contributed by atoms with Gasteiger partial charge in [0.15, 0.2) is 5.13 Å². The van der Waals surface area contributed by atoms with Crippen LogP contribution in [0.2, 0.25) is 0 Å². The predicted octanol–water partition coefficient (Wildman–Crippen LogP) is 1.01. The molecule has 0 saturated carbocycles. The molecule has 8 nitrogen and oxygen atoms in total. The topological polar surface area (TPSA) is 108 Å². The second-order valence-corrected chi connectivity index (χ2v) is 5.24. The number of carboxylic acids is 1. The number of carbonyl (C=O) groups is 1. The maximum Gasteiger partial charge on any atom is 0.348 e. The summed E-state index contributed by atoms with van der Waals surface area (Å²) in [5.74, 6) is -0.794. The highest BCUT2D eigenvalue weighted by atomic mass is 32.1. The van der Waals surface area contributed by atoms with Crippen LogP contribution in [0.3, 0.4) is 0 Å². The molecule has 0 aromatic carbocycles. The van der Waals surface area contributed by atoms with E-state index >= 15 is 0 Å². The lowest BCUT2D eigenvalue weighted by molar-refractivity contribution is 0.0702. The Morgan fingerprint density at radius 3 is 2.74 bits per heavy atom. The summed E-state index contributed by atoms with van der Waals surface area (Å²) in [5.41, 5.74) is 0.284. The van der Waals surface area contributed by atoms with Gasteiger partial charge in [0.1, 0.15) is 10.6 Å². The number of rotatable bonds is 3. The molecular weight excluding hydrogens is 268 g/mol. The highest BCUT2D eigenvalue weighted by molar-refractivity contribution is 7.17. The van der Waals surface area contributed by atoms with Crippen molar-refractivity contribution in [1.29, 1.82) is 0 Å². The van der Waals surface area contributed by atoms with Gasteiger partial charge in [-0.25, -0.2) is 9.78 Å². The SMILES string of the molecule is O=C(O)c1sc(N2CCCCC2)nc1-c1nn[nH]n1. The van der Waals surface area contributed by atoms with Crippen molar-refractivity contribution in [1.82, 2.24) is 25.6 Å². The van der Waals surface area contributed by atoms with Crippen molar-refractivity contribution in [3.8, 4) is 11.5 Å². The van der Waals surface area contributed by atoms with Crippen LogP contribution in [0.5, 0.6) is 0 Å². The van der Waals surface area contributed by atoms with Crippen molar-refractivity contribution < 1.29 is 9.90 Å². The highest BCUT2D eigenvalue weighted by Gasteiger charge is 2.24. The monoisotopic (exact) mass is 280 g/mol. The van der Waals surface area contributed by atoms with E-state index in [4.69, 9.17) is 0 Å². The van der Waals surface area contributed by atoms with Gasteiger partial charge in [0.05, 0.1) is 0 Å². The van der Waals surface area contributed by atoms with E-state index in [1.807, 2.05) is 0 Å². The molecule has 19 heavy (non-hydrogen) atoms. The van der Waals surface area contributed by atoms with E-state index in [9.17, 15) is 9.90 Å². The molecule has 0 bridgehead atoms. The zero-order valence-electron chi connectivity index (χ0n) is 10.0. The summed E-state index contributed by atoms with van der Waals surface area (Å²) in [6, 6.07) is 0. The molecule has 1 saturated heterocycles. The third kappa shape index (κ3) is 2.28. The van der Waals surface area contributed by atoms with Crippen LogP contribution in [0, 0.1) is 0 Å². The van der Waals surface area contributed by atoms with Crippen LogP contribution in [-0.2, 0) is 0 Å². The minimum Gasteiger partial charge on any atom is -0.477 e. The molecule has 9 heteroatoms. The molecule has 3 rings (SSSR count). The second kappa shape index (κ2) is 4.92. The van der Waals surface area contributed by atoms with Crippen LogP contribution in [0.15, 0.2) is 0 Å². The number of piperidine rings is 1. The smallest absolute Gasteiger partial charge is 0.348 e. The van der Waals surface area contributed by atoms with Gasteiger partial charge < -0.3 is 10.0 Å². The molecule has 3 heterocycles. The molecule has 1 aliphatic rings. The number of aromatic carboxylic acids is 1. The summed E-state index contributed by atoms with van der Waals surface area (Å²) in [4.78, 5) is 17.9. The molecule has 0 amide bonds. The van der Waals surface area contributed by atoms with Crippen molar-refractivity contribution in [3.63, 3.8) is 0 Å². The van der Waals surface area contributed by atoms with Gasteiger partial charge in [-0.3, -0.25) is 0 Å². The van der Waals surface area contributed by atoms with Crippen LogP contribution >= 0.6 is 11.3 Å². The van der Waals surface area contributed by atoms with Gasteiger partial charge in [-0.1, -0.05) is 11.3 Å². The molecule has 2 aromatic rings. The predicted molar refractivity (Wildman–Crippen MR) is 68.3 cm³/mol. The van der Waals surface area contributed by atoms with Crippen molar-refractivity contribution in [3.05, 3.63) is 4.88 Å². The van der Waals surface area contributed by atoms with E-state index in [2.05, 4.69) is 30.5 Å². The number of hydrogen-bond acceptors (Lipinski definition) is 7. The number of H-pyrrole nitrogens is 1. The Balaban J connectivity index is 1.99. The number of hydrogen-bond donors (Lipinski definition) is 2. The summed E-state index contributed by atoms with van der Waals surface area (Å²) >= 11 is 1.17. The third-order valence-corrected chi connectivity index (χ3v) is 4.10. The first kappa shape index (κ1) is 12.0. The maximum atomic E-state index is 11.3. The van der Waals surface area contributed by atoms with Gasteiger partial charge in [0, 0.05) is 13.1 Å². The minimum absolute atomic E-state index is 0.155. The fourth-order valence-corrected chi connectivity index (χ4v) is 3.04. The molecule has 2 aromatic heterocycles. The number of nitrogens with one attached hydrogen (secondary N) is 1. The van der Waals surface area contributed by atoms with Crippen molar-refractivity contribution in [2.45, 2.75) is 19.3 Å². The van der Waals surface area contributed by atoms with Crippen molar-refractivity contribution in [2.75, 3.05) is 18.0 Å².